The molecule has 3 N–H and O–H groups in total. The topological polar surface area (TPSA) is 68.9 Å². The number of nitrogens with two attached hydrogens (primary N) is 1. The summed E-state index contributed by atoms with van der Waals surface area (Å²) in [5.74, 6) is 2.58. The molecule has 1 saturated carbocycles. The fourth-order valence-electron chi connectivity index (χ4n) is 3.61. The maximum Gasteiger partial charge on any atom is 0.193 e. The van der Waals surface area contributed by atoms with Crippen molar-refractivity contribution < 1.29 is 9.47 Å². The number of rotatable bonds is 3. The van der Waals surface area contributed by atoms with E-state index in [1.54, 1.807) is 0 Å². The first kappa shape index (κ1) is 16.8. The molecule has 2 aliphatic rings. The van der Waals surface area contributed by atoms with E-state index in [0.717, 1.165) is 36.4 Å². The van der Waals surface area contributed by atoms with Crippen molar-refractivity contribution in [2.24, 2.45) is 10.7 Å². The molecule has 0 spiro atoms. The maximum atomic E-state index is 6.10. The first-order valence-electron chi connectivity index (χ1n) is 9.24. The van der Waals surface area contributed by atoms with Crippen molar-refractivity contribution in [2.45, 2.75) is 38.1 Å². The number of ether oxygens (including phenoxy) is 2. The summed E-state index contributed by atoms with van der Waals surface area (Å²) in [5.41, 5.74) is 9.77. The molecule has 0 bridgehead atoms. The number of benzene rings is 2. The van der Waals surface area contributed by atoms with Gasteiger partial charge < -0.3 is 20.5 Å². The number of aryl methyl sites for hydroxylation is 1. The van der Waals surface area contributed by atoms with Gasteiger partial charge in [-0.15, -0.1) is 0 Å². The fourth-order valence-corrected chi connectivity index (χ4v) is 3.61. The number of nitrogens with zero attached hydrogens (tertiary/aromatic N) is 1. The summed E-state index contributed by atoms with van der Waals surface area (Å²) in [5, 5.41) is 3.17. The van der Waals surface area contributed by atoms with Crippen LogP contribution in [0.15, 0.2) is 47.5 Å². The predicted molar refractivity (Wildman–Crippen MR) is 104 cm³/mol. The largest absolute Gasteiger partial charge is 0.490 e. The zero-order chi connectivity index (χ0) is 17.9. The van der Waals surface area contributed by atoms with Crippen LogP contribution in [0.4, 0.5) is 5.69 Å². The van der Waals surface area contributed by atoms with E-state index in [-0.39, 0.29) is 6.04 Å². The Morgan fingerprint density at radius 3 is 2.65 bits per heavy atom. The second-order valence-electron chi connectivity index (χ2n) is 7.03. The van der Waals surface area contributed by atoms with Crippen LogP contribution in [0, 0.1) is 6.92 Å². The number of hydrogen-bond acceptors (Lipinski definition) is 3. The van der Waals surface area contributed by atoms with Gasteiger partial charge in [0, 0.05) is 18.2 Å². The summed E-state index contributed by atoms with van der Waals surface area (Å²) in [6.07, 6.45) is 2.99. The van der Waals surface area contributed by atoms with Crippen molar-refractivity contribution in [3.63, 3.8) is 0 Å². The van der Waals surface area contributed by atoms with E-state index in [9.17, 15) is 0 Å². The monoisotopic (exact) mass is 351 g/mol. The van der Waals surface area contributed by atoms with Gasteiger partial charge >= 0.3 is 0 Å². The number of nitrogens with one attached hydrogen (secondary N) is 1. The zero-order valence-electron chi connectivity index (χ0n) is 15.1. The third kappa shape index (κ3) is 3.62. The molecule has 0 radical (unpaired) electrons. The molecule has 0 unspecified atom stereocenters. The summed E-state index contributed by atoms with van der Waals surface area (Å²) in [7, 11) is 0. The number of anilines is 1. The smallest absolute Gasteiger partial charge is 0.193 e. The highest BCUT2D eigenvalue weighted by molar-refractivity contribution is 5.92. The van der Waals surface area contributed by atoms with Crippen molar-refractivity contribution >= 4 is 11.6 Å². The molecule has 2 aromatic rings. The van der Waals surface area contributed by atoms with Crippen molar-refractivity contribution in [3.8, 4) is 11.5 Å². The quantitative estimate of drug-likeness (QED) is 0.651. The molecule has 136 valence electrons. The molecule has 5 heteroatoms. The summed E-state index contributed by atoms with van der Waals surface area (Å²) in [6.45, 7) is 3.53. The minimum atomic E-state index is 0.285. The van der Waals surface area contributed by atoms with Crippen molar-refractivity contribution in [1.29, 1.82) is 0 Å². The summed E-state index contributed by atoms with van der Waals surface area (Å²) >= 11 is 0. The Kier molecular flexibility index (Phi) is 4.69. The average molecular weight is 351 g/mol. The normalized spacial score (nSPS) is 22.3. The van der Waals surface area contributed by atoms with E-state index in [4.69, 9.17) is 15.2 Å². The summed E-state index contributed by atoms with van der Waals surface area (Å²) < 4.78 is 11.4. The molecule has 5 nitrogen and oxygen atoms in total. The fraction of sp³-hybridized carbons (Fsp3) is 0.381. The summed E-state index contributed by atoms with van der Waals surface area (Å²) in [6, 6.07) is 14.6. The lowest BCUT2D eigenvalue weighted by molar-refractivity contribution is 0.297. The molecule has 0 aromatic heterocycles. The van der Waals surface area contributed by atoms with Gasteiger partial charge in [-0.1, -0.05) is 24.3 Å². The maximum absolute atomic E-state index is 6.10. The van der Waals surface area contributed by atoms with Crippen LogP contribution in [0.5, 0.6) is 11.5 Å². The predicted octanol–water partition coefficient (Wildman–Crippen LogP) is 3.83. The van der Waals surface area contributed by atoms with Gasteiger partial charge in [-0.2, -0.15) is 0 Å². The third-order valence-corrected chi connectivity index (χ3v) is 5.08. The molecule has 4 rings (SSSR count). The Hall–Kier alpha value is -2.69. The second-order valence-corrected chi connectivity index (χ2v) is 7.03. The number of fused-ring (bicyclic) bond motifs is 1. The molecular formula is C21H25N3O2. The Balaban J connectivity index is 1.36. The van der Waals surface area contributed by atoms with Crippen molar-refractivity contribution in [2.75, 3.05) is 18.5 Å². The molecular weight excluding hydrogens is 326 g/mol. The van der Waals surface area contributed by atoms with Crippen LogP contribution in [0.3, 0.4) is 0 Å². The number of guanidine groups is 1. The van der Waals surface area contributed by atoms with Crippen molar-refractivity contribution in [3.05, 3.63) is 53.6 Å². The van der Waals surface area contributed by atoms with E-state index in [1.165, 1.54) is 11.1 Å². The molecule has 2 aromatic carbocycles. The Bertz CT molecular complexity index is 813. The van der Waals surface area contributed by atoms with Gasteiger partial charge in [0.2, 0.25) is 0 Å². The minimum absolute atomic E-state index is 0.285. The zero-order valence-corrected chi connectivity index (χ0v) is 15.1. The second kappa shape index (κ2) is 7.28. The molecule has 0 amide bonds. The molecule has 1 aliphatic heterocycles. The van der Waals surface area contributed by atoms with Crippen LogP contribution < -0.4 is 20.5 Å². The van der Waals surface area contributed by atoms with Crippen LogP contribution in [0.1, 0.15) is 36.3 Å². The summed E-state index contributed by atoms with van der Waals surface area (Å²) in [4.78, 5) is 4.62. The van der Waals surface area contributed by atoms with Crippen LogP contribution in [0.2, 0.25) is 0 Å². The lowest BCUT2D eigenvalue weighted by atomic mass is 9.75. The molecule has 1 heterocycles. The first-order chi connectivity index (χ1) is 12.7. The molecule has 0 saturated heterocycles. The van der Waals surface area contributed by atoms with Gasteiger partial charge in [0.15, 0.2) is 17.5 Å². The van der Waals surface area contributed by atoms with Crippen LogP contribution in [0.25, 0.3) is 0 Å². The van der Waals surface area contributed by atoms with Gasteiger partial charge in [-0.25, -0.2) is 4.99 Å². The number of aliphatic imine (C=N–C) groups is 1. The van der Waals surface area contributed by atoms with Crippen LogP contribution >= 0.6 is 0 Å². The van der Waals surface area contributed by atoms with Crippen LogP contribution in [-0.2, 0) is 0 Å². The standard InChI is InChI=1S/C21H25N3O2/c1-14-5-2-3-6-18(14)15-11-17(12-15)24-21(22)23-16-7-8-19-20(13-16)26-10-4-9-25-19/h2-3,5-8,13,15,17H,4,9-12H2,1H3,(H3,22,23,24). The van der Waals surface area contributed by atoms with Crippen LogP contribution in [-0.4, -0.2) is 25.2 Å². The van der Waals surface area contributed by atoms with E-state index in [1.807, 2.05) is 18.2 Å². The van der Waals surface area contributed by atoms with E-state index < -0.39 is 0 Å². The van der Waals surface area contributed by atoms with E-state index in [2.05, 4.69) is 41.5 Å². The Morgan fingerprint density at radius 1 is 1.08 bits per heavy atom. The number of hydrogen-bond donors (Lipinski definition) is 2. The molecule has 26 heavy (non-hydrogen) atoms. The van der Waals surface area contributed by atoms with Gasteiger partial charge in [0.25, 0.3) is 0 Å². The average Bonchev–Trinajstić information content (AvgIpc) is 2.83. The molecule has 1 fully saturated rings. The van der Waals surface area contributed by atoms with Crippen molar-refractivity contribution in [1.82, 2.24) is 0 Å². The van der Waals surface area contributed by atoms with E-state index in [0.29, 0.717) is 25.1 Å². The SMILES string of the molecule is Cc1ccccc1C1CC(N=C(N)Nc2ccc3c(c2)OCCCO3)C1. The highest BCUT2D eigenvalue weighted by Gasteiger charge is 2.31. The van der Waals surface area contributed by atoms with Gasteiger partial charge in [-0.3, -0.25) is 0 Å². The highest BCUT2D eigenvalue weighted by atomic mass is 16.5. The lowest BCUT2D eigenvalue weighted by Gasteiger charge is -2.34. The highest BCUT2D eigenvalue weighted by Crippen LogP contribution is 2.40. The Labute approximate surface area is 154 Å². The van der Waals surface area contributed by atoms with Gasteiger partial charge in [-0.05, 0) is 48.9 Å². The van der Waals surface area contributed by atoms with Gasteiger partial charge in [0.1, 0.15) is 0 Å². The van der Waals surface area contributed by atoms with E-state index >= 15 is 0 Å². The molecule has 0 atom stereocenters. The third-order valence-electron chi connectivity index (χ3n) is 5.08. The van der Waals surface area contributed by atoms with Gasteiger partial charge in [0.05, 0.1) is 19.3 Å². The lowest BCUT2D eigenvalue weighted by Crippen LogP contribution is -2.31. The Morgan fingerprint density at radius 2 is 1.85 bits per heavy atom. The minimum Gasteiger partial charge on any atom is -0.490 e. The first-order valence-corrected chi connectivity index (χ1v) is 9.24. The molecule has 1 aliphatic carbocycles.